The summed E-state index contributed by atoms with van der Waals surface area (Å²) in [5.74, 6) is 0. The first-order valence-electron chi connectivity index (χ1n) is 5.71. The van der Waals surface area contributed by atoms with Crippen molar-refractivity contribution in [1.82, 2.24) is 0 Å². The Morgan fingerprint density at radius 1 is 1.45 bits per heavy atom. The van der Waals surface area contributed by atoms with Crippen molar-refractivity contribution < 1.29 is 5.48 Å². The fraction of sp³-hybridized carbons (Fsp3) is 0.273. The molecule has 1 aromatic rings. The van der Waals surface area contributed by atoms with Gasteiger partial charge in [-0.05, 0) is 25.3 Å². The summed E-state index contributed by atoms with van der Waals surface area (Å²) >= 11 is 0. The van der Waals surface area contributed by atoms with Crippen molar-refractivity contribution in [2.45, 2.75) is 19.7 Å². The molecule has 0 unspecified atom stereocenters. The molecule has 1 rings (SSSR count). The molecule has 0 spiro atoms. The third-order valence-corrected chi connectivity index (χ3v) is 1.52. The molecule has 0 aliphatic heterocycles. The van der Waals surface area contributed by atoms with E-state index in [9.17, 15) is 0 Å². The predicted molar refractivity (Wildman–Crippen MR) is 49.6 cm³/mol. The highest BCUT2D eigenvalue weighted by atomic mass is 13.9. The first-order chi connectivity index (χ1) is 7.00. The van der Waals surface area contributed by atoms with E-state index in [-0.39, 0.29) is 6.05 Å². The van der Waals surface area contributed by atoms with E-state index in [0.717, 1.165) is 12.0 Å². The molecular formula is C11H14. The lowest BCUT2D eigenvalue weighted by Gasteiger charge is -1.95. The smallest absolute Gasteiger partial charge is 0.0570 e. The van der Waals surface area contributed by atoms with E-state index in [2.05, 4.69) is 0 Å². The van der Waals surface area contributed by atoms with Crippen molar-refractivity contribution in [3.63, 3.8) is 0 Å². The van der Waals surface area contributed by atoms with Gasteiger partial charge in [-0.15, -0.1) is 0 Å². The SMILES string of the molecule is [2H]/C(=C\CCc1ccccc1)C([2H])([2H])[2H]. The zero-order chi connectivity index (χ0) is 11.3. The highest BCUT2D eigenvalue weighted by molar-refractivity contribution is 5.15. The molecule has 0 N–H and O–H groups in total. The topological polar surface area (TPSA) is 0 Å². The van der Waals surface area contributed by atoms with Gasteiger partial charge in [0.1, 0.15) is 0 Å². The van der Waals surface area contributed by atoms with Crippen LogP contribution in [0.2, 0.25) is 0 Å². The second-order valence-electron chi connectivity index (χ2n) is 2.37. The molecule has 1 aromatic carbocycles. The van der Waals surface area contributed by atoms with E-state index >= 15 is 0 Å². The number of benzene rings is 1. The van der Waals surface area contributed by atoms with Crippen LogP contribution in [0.25, 0.3) is 0 Å². The molecule has 0 saturated carbocycles. The minimum absolute atomic E-state index is 0.265. The molecule has 0 bridgehead atoms. The molecule has 0 aliphatic carbocycles. The van der Waals surface area contributed by atoms with Gasteiger partial charge in [-0.3, -0.25) is 0 Å². The summed E-state index contributed by atoms with van der Waals surface area (Å²) in [6, 6.07) is 9.56. The van der Waals surface area contributed by atoms with Crippen LogP contribution in [-0.2, 0) is 6.42 Å². The molecule has 0 radical (unpaired) electrons. The van der Waals surface area contributed by atoms with Gasteiger partial charge in [-0.25, -0.2) is 0 Å². The van der Waals surface area contributed by atoms with Crippen LogP contribution in [0.1, 0.15) is 24.3 Å². The highest BCUT2D eigenvalue weighted by Crippen LogP contribution is 2.02. The normalized spacial score (nSPS) is 18.0. The van der Waals surface area contributed by atoms with Gasteiger partial charge in [-0.2, -0.15) is 0 Å². The van der Waals surface area contributed by atoms with Crippen LogP contribution in [0.5, 0.6) is 0 Å². The first kappa shape index (κ1) is 4.10. The lowest BCUT2D eigenvalue weighted by Crippen LogP contribution is -1.80. The molecule has 0 atom stereocenters. The van der Waals surface area contributed by atoms with Gasteiger partial charge in [-0.1, -0.05) is 42.5 Å². The van der Waals surface area contributed by atoms with Crippen LogP contribution in [0, 0.1) is 0 Å². The molecule has 0 amide bonds. The molecule has 0 heteroatoms. The van der Waals surface area contributed by atoms with Gasteiger partial charge in [0.2, 0.25) is 0 Å². The summed E-state index contributed by atoms with van der Waals surface area (Å²) in [4.78, 5) is 0. The van der Waals surface area contributed by atoms with Crippen LogP contribution in [-0.4, -0.2) is 0 Å². The summed E-state index contributed by atoms with van der Waals surface area (Å²) in [7, 11) is 0. The average molecular weight is 150 g/mol. The van der Waals surface area contributed by atoms with Gasteiger partial charge >= 0.3 is 0 Å². The van der Waals surface area contributed by atoms with E-state index in [1.165, 1.54) is 6.08 Å². The summed E-state index contributed by atoms with van der Waals surface area (Å²) in [6.45, 7) is -2.27. The second kappa shape index (κ2) is 4.73. The van der Waals surface area contributed by atoms with E-state index in [0.29, 0.717) is 6.42 Å². The molecule has 0 aromatic heterocycles. The Kier molecular flexibility index (Phi) is 1.76. The van der Waals surface area contributed by atoms with Crippen LogP contribution < -0.4 is 0 Å². The lowest BCUT2D eigenvalue weighted by atomic mass is 10.1. The quantitative estimate of drug-likeness (QED) is 0.580. The van der Waals surface area contributed by atoms with Crippen molar-refractivity contribution in [2.75, 3.05) is 0 Å². The van der Waals surface area contributed by atoms with E-state index < -0.39 is 6.85 Å². The fourth-order valence-electron chi connectivity index (χ4n) is 0.956. The van der Waals surface area contributed by atoms with Crippen molar-refractivity contribution in [3.05, 3.63) is 48.0 Å². The zero-order valence-electron chi connectivity index (χ0n) is 10.4. The zero-order valence-corrected chi connectivity index (χ0v) is 6.38. The number of aryl methyl sites for hydroxylation is 1. The standard InChI is InChI=1S/C11H14/c1-2-3-5-8-11-9-6-4-7-10-11/h2-4,6-7,9-10H,5,8H2,1H3/b3-2+/i1D3,2D. The first-order valence-corrected chi connectivity index (χ1v) is 3.71. The Balaban J connectivity index is 2.46. The Morgan fingerprint density at radius 3 is 3.00 bits per heavy atom. The number of hydrogen-bond donors (Lipinski definition) is 0. The van der Waals surface area contributed by atoms with E-state index in [1.54, 1.807) is 0 Å². The maximum atomic E-state index is 7.29. The van der Waals surface area contributed by atoms with Crippen LogP contribution >= 0.6 is 0 Å². The maximum absolute atomic E-state index is 7.29. The Bertz CT molecular complexity index is 324. The Labute approximate surface area is 74.2 Å². The molecule has 11 heavy (non-hydrogen) atoms. The van der Waals surface area contributed by atoms with Crippen LogP contribution in [0.3, 0.4) is 0 Å². The van der Waals surface area contributed by atoms with Crippen molar-refractivity contribution in [2.24, 2.45) is 0 Å². The van der Waals surface area contributed by atoms with Crippen molar-refractivity contribution >= 4 is 0 Å². The largest absolute Gasteiger partial charge is 0.0917 e. The molecule has 0 aliphatic rings. The molecule has 0 saturated heterocycles. The van der Waals surface area contributed by atoms with Crippen molar-refractivity contribution in [3.8, 4) is 0 Å². The van der Waals surface area contributed by atoms with Gasteiger partial charge in [0.15, 0.2) is 0 Å². The number of hydrogen-bond acceptors (Lipinski definition) is 0. The summed E-state index contributed by atoms with van der Waals surface area (Å²) < 4.78 is 28.3. The highest BCUT2D eigenvalue weighted by Gasteiger charge is 1.86. The molecule has 0 nitrogen and oxygen atoms in total. The Morgan fingerprint density at radius 2 is 2.27 bits per heavy atom. The second-order valence-corrected chi connectivity index (χ2v) is 2.37. The molecule has 0 fully saturated rings. The molecule has 0 heterocycles. The van der Waals surface area contributed by atoms with Gasteiger partial charge in [0.25, 0.3) is 0 Å². The minimum atomic E-state index is -2.27. The van der Waals surface area contributed by atoms with E-state index in [1.807, 2.05) is 30.3 Å². The van der Waals surface area contributed by atoms with Gasteiger partial charge in [0, 0.05) is 4.11 Å². The minimum Gasteiger partial charge on any atom is -0.0917 e. The van der Waals surface area contributed by atoms with E-state index in [4.69, 9.17) is 5.48 Å². The number of rotatable bonds is 3. The third-order valence-electron chi connectivity index (χ3n) is 1.52. The summed E-state index contributed by atoms with van der Waals surface area (Å²) in [5.41, 5.74) is 1.16. The third kappa shape index (κ3) is 3.03. The fourth-order valence-corrected chi connectivity index (χ4v) is 0.956. The summed E-state index contributed by atoms with van der Waals surface area (Å²) in [5, 5.41) is 0. The predicted octanol–water partition coefficient (Wildman–Crippen LogP) is 3.20. The average Bonchev–Trinajstić information content (AvgIpc) is 2.18. The summed E-state index contributed by atoms with van der Waals surface area (Å²) in [6.07, 6.45) is 2.85. The molecule has 58 valence electrons. The lowest BCUT2D eigenvalue weighted by molar-refractivity contribution is 1.000. The van der Waals surface area contributed by atoms with Crippen LogP contribution in [0.4, 0.5) is 0 Å². The molecular weight excluding hydrogens is 132 g/mol. The number of allylic oxidation sites excluding steroid dienone is 2. The van der Waals surface area contributed by atoms with Gasteiger partial charge < -0.3 is 0 Å². The van der Waals surface area contributed by atoms with Crippen LogP contribution in [0.15, 0.2) is 42.5 Å². The monoisotopic (exact) mass is 150 g/mol. The van der Waals surface area contributed by atoms with Crippen molar-refractivity contribution in [1.29, 1.82) is 0 Å². The maximum Gasteiger partial charge on any atom is 0.0570 e. The van der Waals surface area contributed by atoms with Gasteiger partial charge in [0.05, 0.1) is 1.37 Å². The Hall–Kier alpha value is -1.04.